The number of hydrogen-bond donors (Lipinski definition) is 1. The van der Waals surface area contributed by atoms with E-state index in [1.807, 2.05) is 31.2 Å². The lowest BCUT2D eigenvalue weighted by Gasteiger charge is -2.10. The average Bonchev–Trinajstić information content (AvgIpc) is 2.66. The highest BCUT2D eigenvalue weighted by Gasteiger charge is 2.17. The highest BCUT2D eigenvalue weighted by atomic mass is 35.5. The fourth-order valence-electron chi connectivity index (χ4n) is 2.73. The zero-order valence-electron chi connectivity index (χ0n) is 14.9. The molecule has 0 spiro atoms. The third kappa shape index (κ3) is 4.10. The van der Waals surface area contributed by atoms with E-state index in [4.69, 9.17) is 11.6 Å². The van der Waals surface area contributed by atoms with Crippen LogP contribution in [0.4, 0.5) is 11.4 Å². The number of nitrogens with zero attached hydrogens (tertiary/aromatic N) is 2. The Morgan fingerprint density at radius 1 is 1.18 bits per heavy atom. The first-order valence-corrected chi connectivity index (χ1v) is 8.74. The van der Waals surface area contributed by atoms with Gasteiger partial charge in [-0.1, -0.05) is 35.9 Å². The Hall–Kier alpha value is -3.45. The van der Waals surface area contributed by atoms with Crippen LogP contribution < -0.4 is 10.9 Å². The molecule has 3 aromatic rings. The first-order valence-electron chi connectivity index (χ1n) is 8.36. The van der Waals surface area contributed by atoms with Crippen molar-refractivity contribution in [3.63, 3.8) is 0 Å². The van der Waals surface area contributed by atoms with Gasteiger partial charge in [0.1, 0.15) is 10.6 Å². The molecule has 0 radical (unpaired) electrons. The molecule has 0 saturated carbocycles. The number of carbonyl (C=O) groups is 1. The zero-order valence-corrected chi connectivity index (χ0v) is 15.6. The number of carbonyl (C=O) groups excluding carboxylic acids is 1. The lowest BCUT2D eigenvalue weighted by atomic mass is 10.1. The molecule has 1 heterocycles. The predicted octanol–water partition coefficient (Wildman–Crippen LogP) is 4.02. The van der Waals surface area contributed by atoms with Crippen LogP contribution in [-0.4, -0.2) is 15.4 Å². The van der Waals surface area contributed by atoms with Gasteiger partial charge >= 0.3 is 0 Å². The van der Waals surface area contributed by atoms with Gasteiger partial charge in [-0.25, -0.2) is 0 Å². The second-order valence-corrected chi connectivity index (χ2v) is 6.57. The third-order valence-electron chi connectivity index (χ3n) is 4.27. The van der Waals surface area contributed by atoms with Crippen molar-refractivity contribution in [2.24, 2.45) is 0 Å². The molecule has 0 atom stereocenters. The molecule has 0 unspecified atom stereocenters. The minimum atomic E-state index is -0.652. The fraction of sp³-hybridized carbons (Fsp3) is 0.100. The Morgan fingerprint density at radius 2 is 1.93 bits per heavy atom. The number of aryl methyl sites for hydroxylation is 1. The molecular weight excluding hydrogens is 382 g/mol. The smallest absolute Gasteiger partial charge is 0.289 e. The molecule has 0 aliphatic rings. The van der Waals surface area contributed by atoms with E-state index in [-0.39, 0.29) is 22.0 Å². The number of amides is 1. The molecule has 142 valence electrons. The summed E-state index contributed by atoms with van der Waals surface area (Å²) in [5, 5.41) is 13.5. The van der Waals surface area contributed by atoms with Crippen LogP contribution in [0.3, 0.4) is 0 Å². The summed E-state index contributed by atoms with van der Waals surface area (Å²) in [7, 11) is 0. The number of nitro benzene ring substituents is 1. The molecule has 7 nitrogen and oxygen atoms in total. The van der Waals surface area contributed by atoms with Crippen molar-refractivity contribution in [2.45, 2.75) is 13.5 Å². The van der Waals surface area contributed by atoms with Gasteiger partial charge in [0.05, 0.1) is 11.5 Å². The number of anilines is 1. The summed E-state index contributed by atoms with van der Waals surface area (Å²) in [5.74, 6) is -0.652. The molecule has 0 bridgehead atoms. The van der Waals surface area contributed by atoms with Crippen LogP contribution in [0.25, 0.3) is 0 Å². The van der Waals surface area contributed by atoms with Crippen molar-refractivity contribution >= 4 is 28.9 Å². The van der Waals surface area contributed by atoms with Crippen molar-refractivity contribution in [1.82, 2.24) is 4.57 Å². The van der Waals surface area contributed by atoms with Gasteiger partial charge in [-0.05, 0) is 42.3 Å². The Labute approximate surface area is 165 Å². The van der Waals surface area contributed by atoms with Gasteiger partial charge in [0.25, 0.3) is 17.2 Å². The summed E-state index contributed by atoms with van der Waals surface area (Å²) < 4.78 is 1.45. The SMILES string of the molecule is Cc1ccccc1Cn1cccc(C(=O)Nc2ccc(Cl)c([N+](=O)[O-])c2)c1=O. The van der Waals surface area contributed by atoms with Gasteiger partial charge in [0.15, 0.2) is 0 Å². The minimum Gasteiger partial charge on any atom is -0.322 e. The predicted molar refractivity (Wildman–Crippen MR) is 107 cm³/mol. The van der Waals surface area contributed by atoms with Gasteiger partial charge in [-0.2, -0.15) is 0 Å². The highest BCUT2D eigenvalue weighted by molar-refractivity contribution is 6.32. The Kier molecular flexibility index (Phi) is 5.56. The van der Waals surface area contributed by atoms with Crippen molar-refractivity contribution < 1.29 is 9.72 Å². The summed E-state index contributed by atoms with van der Waals surface area (Å²) in [4.78, 5) is 35.6. The first-order chi connectivity index (χ1) is 13.4. The van der Waals surface area contributed by atoms with Crippen molar-refractivity contribution in [2.75, 3.05) is 5.32 Å². The van der Waals surface area contributed by atoms with E-state index in [9.17, 15) is 19.7 Å². The van der Waals surface area contributed by atoms with Gasteiger partial charge in [0.2, 0.25) is 0 Å². The molecule has 0 fully saturated rings. The van der Waals surface area contributed by atoms with Gasteiger partial charge in [-0.3, -0.25) is 19.7 Å². The van der Waals surface area contributed by atoms with Gasteiger partial charge in [-0.15, -0.1) is 0 Å². The first kappa shape index (κ1) is 19.3. The normalized spacial score (nSPS) is 10.5. The van der Waals surface area contributed by atoms with E-state index in [2.05, 4.69) is 5.32 Å². The van der Waals surface area contributed by atoms with E-state index in [0.29, 0.717) is 6.54 Å². The van der Waals surface area contributed by atoms with Crippen LogP contribution in [0.15, 0.2) is 65.6 Å². The van der Waals surface area contributed by atoms with Crippen LogP contribution in [0.5, 0.6) is 0 Å². The van der Waals surface area contributed by atoms with Crippen LogP contribution in [0.2, 0.25) is 5.02 Å². The average molecular weight is 398 g/mol. The van der Waals surface area contributed by atoms with E-state index in [1.54, 1.807) is 12.3 Å². The molecule has 28 heavy (non-hydrogen) atoms. The van der Waals surface area contributed by atoms with Crippen molar-refractivity contribution in [3.8, 4) is 0 Å². The van der Waals surface area contributed by atoms with Gasteiger partial charge in [0, 0.05) is 18.0 Å². The van der Waals surface area contributed by atoms with Gasteiger partial charge < -0.3 is 9.88 Å². The minimum absolute atomic E-state index is 0.0386. The number of nitro groups is 1. The van der Waals surface area contributed by atoms with Crippen LogP contribution in [0.1, 0.15) is 21.5 Å². The number of halogens is 1. The Bertz CT molecular complexity index is 1120. The van der Waals surface area contributed by atoms with Crippen molar-refractivity contribution in [3.05, 3.63) is 103 Å². The molecule has 0 aliphatic carbocycles. The molecule has 1 aromatic heterocycles. The third-order valence-corrected chi connectivity index (χ3v) is 4.59. The lowest BCUT2D eigenvalue weighted by molar-refractivity contribution is -0.384. The highest BCUT2D eigenvalue weighted by Crippen LogP contribution is 2.27. The standard InChI is InChI=1S/C20H16ClN3O4/c1-13-5-2-3-6-14(13)12-23-10-4-7-16(20(23)26)19(25)22-15-8-9-17(21)18(11-15)24(27)28/h2-11H,12H2,1H3,(H,22,25). The second-order valence-electron chi connectivity index (χ2n) is 6.16. The molecule has 1 N–H and O–H groups in total. The molecular formula is C20H16ClN3O4. The lowest BCUT2D eigenvalue weighted by Crippen LogP contribution is -2.29. The molecule has 0 saturated heterocycles. The summed E-state index contributed by atoms with van der Waals surface area (Å²) in [6.07, 6.45) is 1.61. The Balaban J connectivity index is 1.87. The summed E-state index contributed by atoms with van der Waals surface area (Å²) >= 11 is 5.77. The molecule has 1 amide bonds. The maximum atomic E-state index is 12.7. The quantitative estimate of drug-likeness (QED) is 0.519. The maximum Gasteiger partial charge on any atom is 0.289 e. The Morgan fingerprint density at radius 3 is 2.64 bits per heavy atom. The summed E-state index contributed by atoms with van der Waals surface area (Å²) in [5.41, 5.74) is 1.34. The number of nitrogens with one attached hydrogen (secondary N) is 1. The summed E-state index contributed by atoms with van der Waals surface area (Å²) in [6.45, 7) is 2.28. The number of pyridine rings is 1. The monoisotopic (exact) mass is 397 g/mol. The van der Waals surface area contributed by atoms with E-state index in [1.165, 1.54) is 22.8 Å². The number of rotatable bonds is 5. The van der Waals surface area contributed by atoms with E-state index >= 15 is 0 Å². The molecule has 3 rings (SSSR count). The van der Waals surface area contributed by atoms with E-state index in [0.717, 1.165) is 17.2 Å². The number of hydrogen-bond acceptors (Lipinski definition) is 4. The molecule has 8 heteroatoms. The second kappa shape index (κ2) is 8.06. The maximum absolute atomic E-state index is 12.7. The van der Waals surface area contributed by atoms with Crippen LogP contribution in [0, 0.1) is 17.0 Å². The van der Waals surface area contributed by atoms with Crippen LogP contribution in [-0.2, 0) is 6.54 Å². The fourth-order valence-corrected chi connectivity index (χ4v) is 2.92. The summed E-state index contributed by atoms with van der Waals surface area (Å²) in [6, 6.07) is 14.6. The van der Waals surface area contributed by atoms with Crippen molar-refractivity contribution in [1.29, 1.82) is 0 Å². The van der Waals surface area contributed by atoms with Crippen LogP contribution >= 0.6 is 11.6 Å². The molecule has 2 aromatic carbocycles. The number of aromatic nitrogens is 1. The zero-order chi connectivity index (χ0) is 20.3. The number of benzene rings is 2. The topological polar surface area (TPSA) is 94.2 Å². The molecule has 0 aliphatic heterocycles. The largest absolute Gasteiger partial charge is 0.322 e. The van der Waals surface area contributed by atoms with E-state index < -0.39 is 16.4 Å².